The molecular formula is C17H21N3O4. The normalized spacial score (nSPS) is 10.5. The number of carboxylic acid groups (broad SMARTS) is 1. The van der Waals surface area contributed by atoms with E-state index >= 15 is 0 Å². The van der Waals surface area contributed by atoms with E-state index in [1.807, 2.05) is 20.9 Å². The fourth-order valence-corrected chi connectivity index (χ4v) is 2.40. The lowest BCUT2D eigenvalue weighted by atomic mass is 10.1. The van der Waals surface area contributed by atoms with E-state index in [0.717, 1.165) is 17.0 Å². The van der Waals surface area contributed by atoms with Crippen molar-refractivity contribution in [2.75, 3.05) is 18.6 Å². The fourth-order valence-electron chi connectivity index (χ4n) is 2.40. The first-order chi connectivity index (χ1) is 11.3. The van der Waals surface area contributed by atoms with E-state index in [4.69, 9.17) is 9.84 Å². The summed E-state index contributed by atoms with van der Waals surface area (Å²) in [7, 11) is 3.56. The summed E-state index contributed by atoms with van der Waals surface area (Å²) in [4.78, 5) is 24.6. The van der Waals surface area contributed by atoms with Gasteiger partial charge in [0.05, 0.1) is 12.1 Å². The lowest BCUT2D eigenvalue weighted by molar-refractivity contribution is -0.139. The molecular weight excluding hydrogens is 310 g/mol. The van der Waals surface area contributed by atoms with Gasteiger partial charge in [0.15, 0.2) is 6.61 Å². The van der Waals surface area contributed by atoms with Gasteiger partial charge in [-0.15, -0.1) is 0 Å². The van der Waals surface area contributed by atoms with Crippen LogP contribution in [0.25, 0.3) is 0 Å². The zero-order valence-electron chi connectivity index (χ0n) is 14.2. The van der Waals surface area contributed by atoms with Gasteiger partial charge >= 0.3 is 5.97 Å². The largest absolute Gasteiger partial charge is 0.482 e. The topological polar surface area (TPSA) is 84.7 Å². The van der Waals surface area contributed by atoms with Crippen LogP contribution in [0, 0.1) is 13.8 Å². The van der Waals surface area contributed by atoms with Crippen molar-refractivity contribution in [3.05, 3.63) is 41.2 Å². The number of likely N-dealkylation sites (N-methyl/N-ethyl adjacent to an activating group) is 1. The number of hydrogen-bond donors (Lipinski definition) is 1. The minimum atomic E-state index is -1.03. The Hall–Kier alpha value is -2.83. The highest BCUT2D eigenvalue weighted by Gasteiger charge is 2.17. The highest BCUT2D eigenvalue weighted by atomic mass is 16.5. The third-order valence-electron chi connectivity index (χ3n) is 3.95. The van der Waals surface area contributed by atoms with Crippen molar-refractivity contribution >= 4 is 17.6 Å². The van der Waals surface area contributed by atoms with Crippen LogP contribution < -0.4 is 9.64 Å². The lowest BCUT2D eigenvalue weighted by Crippen LogP contribution is -2.28. The van der Waals surface area contributed by atoms with Gasteiger partial charge < -0.3 is 14.7 Å². The average Bonchev–Trinajstić information content (AvgIpc) is 2.79. The first-order valence-corrected chi connectivity index (χ1v) is 7.50. The van der Waals surface area contributed by atoms with E-state index in [-0.39, 0.29) is 12.3 Å². The van der Waals surface area contributed by atoms with Crippen LogP contribution in [0.4, 0.5) is 5.69 Å². The molecule has 1 N–H and O–H groups in total. The van der Waals surface area contributed by atoms with Crippen LogP contribution in [0.2, 0.25) is 0 Å². The van der Waals surface area contributed by atoms with E-state index in [1.165, 1.54) is 0 Å². The van der Waals surface area contributed by atoms with E-state index in [9.17, 15) is 9.59 Å². The van der Waals surface area contributed by atoms with Gasteiger partial charge in [-0.1, -0.05) is 0 Å². The van der Waals surface area contributed by atoms with Crippen molar-refractivity contribution < 1.29 is 19.4 Å². The van der Waals surface area contributed by atoms with Crippen LogP contribution in [0.3, 0.4) is 0 Å². The first kappa shape index (κ1) is 17.5. The Morgan fingerprint density at radius 2 is 1.88 bits per heavy atom. The van der Waals surface area contributed by atoms with Gasteiger partial charge in [0, 0.05) is 31.0 Å². The average molecular weight is 331 g/mol. The van der Waals surface area contributed by atoms with Crippen LogP contribution in [0.1, 0.15) is 17.0 Å². The molecule has 128 valence electrons. The van der Waals surface area contributed by atoms with Crippen LogP contribution in [-0.2, 0) is 23.1 Å². The fraction of sp³-hybridized carbons (Fsp3) is 0.353. The number of hydrogen-bond acceptors (Lipinski definition) is 4. The maximum Gasteiger partial charge on any atom is 0.341 e. The molecule has 1 aromatic heterocycles. The summed E-state index contributed by atoms with van der Waals surface area (Å²) in [5.74, 6) is -0.636. The van der Waals surface area contributed by atoms with Gasteiger partial charge in [0.2, 0.25) is 5.91 Å². The number of aliphatic carboxylic acids is 1. The highest BCUT2D eigenvalue weighted by molar-refractivity contribution is 5.94. The van der Waals surface area contributed by atoms with Gasteiger partial charge in [-0.25, -0.2) is 4.79 Å². The quantitative estimate of drug-likeness (QED) is 0.871. The maximum atomic E-state index is 12.5. The number of carboxylic acids is 1. The van der Waals surface area contributed by atoms with Crippen molar-refractivity contribution in [2.24, 2.45) is 7.05 Å². The second-order valence-electron chi connectivity index (χ2n) is 5.58. The third kappa shape index (κ3) is 3.92. The molecule has 0 bridgehead atoms. The molecule has 7 nitrogen and oxygen atoms in total. The second-order valence-corrected chi connectivity index (χ2v) is 5.58. The van der Waals surface area contributed by atoms with Gasteiger partial charge in [0.1, 0.15) is 5.75 Å². The van der Waals surface area contributed by atoms with E-state index in [2.05, 4.69) is 5.10 Å². The number of anilines is 1. The number of carbonyl (C=O) groups is 2. The molecule has 1 heterocycles. The summed E-state index contributed by atoms with van der Waals surface area (Å²) in [6.07, 6.45) is 0.277. The number of amides is 1. The zero-order chi connectivity index (χ0) is 17.9. The molecule has 0 aliphatic heterocycles. The van der Waals surface area contributed by atoms with Gasteiger partial charge in [0.25, 0.3) is 0 Å². The molecule has 2 aromatic rings. The Morgan fingerprint density at radius 1 is 1.25 bits per heavy atom. The smallest absolute Gasteiger partial charge is 0.341 e. The molecule has 1 aromatic carbocycles. The Bertz CT molecular complexity index is 750. The van der Waals surface area contributed by atoms with Crippen LogP contribution in [-0.4, -0.2) is 40.4 Å². The molecule has 0 aliphatic carbocycles. The van der Waals surface area contributed by atoms with Crippen LogP contribution in [0.15, 0.2) is 24.3 Å². The second kappa shape index (κ2) is 7.16. The molecule has 24 heavy (non-hydrogen) atoms. The number of aromatic nitrogens is 2. The summed E-state index contributed by atoms with van der Waals surface area (Å²) in [5, 5.41) is 12.9. The third-order valence-corrected chi connectivity index (χ3v) is 3.95. The van der Waals surface area contributed by atoms with E-state index < -0.39 is 12.6 Å². The number of carbonyl (C=O) groups excluding carboxylic acids is 1. The molecule has 0 atom stereocenters. The number of benzene rings is 1. The molecule has 0 saturated heterocycles. The summed E-state index contributed by atoms with van der Waals surface area (Å²) >= 11 is 0. The van der Waals surface area contributed by atoms with Crippen molar-refractivity contribution in [3.63, 3.8) is 0 Å². The zero-order valence-corrected chi connectivity index (χ0v) is 14.2. The number of ether oxygens (including phenoxy) is 1. The van der Waals surface area contributed by atoms with Crippen LogP contribution in [0.5, 0.6) is 5.75 Å². The predicted molar refractivity (Wildman–Crippen MR) is 89.4 cm³/mol. The Kier molecular flexibility index (Phi) is 5.23. The van der Waals surface area contributed by atoms with Crippen molar-refractivity contribution in [1.29, 1.82) is 0 Å². The summed E-state index contributed by atoms with van der Waals surface area (Å²) < 4.78 is 6.85. The number of aryl methyl sites for hydroxylation is 2. The molecule has 7 heteroatoms. The van der Waals surface area contributed by atoms with Gasteiger partial charge in [-0.3, -0.25) is 9.48 Å². The molecule has 0 aliphatic rings. The SMILES string of the molecule is Cc1nn(C)c(C)c1CC(=O)N(C)c1ccc(OCC(=O)O)cc1. The molecule has 0 spiro atoms. The summed E-state index contributed by atoms with van der Waals surface area (Å²) in [5.41, 5.74) is 3.48. The Labute approximate surface area is 140 Å². The molecule has 2 rings (SSSR count). The van der Waals surface area contributed by atoms with Crippen molar-refractivity contribution in [2.45, 2.75) is 20.3 Å². The predicted octanol–water partition coefficient (Wildman–Crippen LogP) is 1.71. The highest BCUT2D eigenvalue weighted by Crippen LogP contribution is 2.20. The first-order valence-electron chi connectivity index (χ1n) is 7.50. The molecule has 0 radical (unpaired) electrons. The summed E-state index contributed by atoms with van der Waals surface area (Å²) in [6.45, 7) is 3.44. The van der Waals surface area contributed by atoms with Crippen molar-refractivity contribution in [1.82, 2.24) is 9.78 Å². The molecule has 0 saturated carbocycles. The number of nitrogens with zero attached hydrogens (tertiary/aromatic N) is 3. The van der Waals surface area contributed by atoms with Gasteiger partial charge in [-0.05, 0) is 38.1 Å². The standard InChI is InChI=1S/C17H21N3O4/c1-11-15(12(2)20(4)18-11)9-16(21)19(3)13-5-7-14(8-6-13)24-10-17(22)23/h5-8H,9-10H2,1-4H3,(H,22,23). The van der Waals surface area contributed by atoms with Crippen molar-refractivity contribution in [3.8, 4) is 5.75 Å². The van der Waals surface area contributed by atoms with Crippen LogP contribution >= 0.6 is 0 Å². The van der Waals surface area contributed by atoms with E-state index in [1.54, 1.807) is 40.9 Å². The molecule has 1 amide bonds. The molecule has 0 unspecified atom stereocenters. The minimum absolute atomic E-state index is 0.0478. The Morgan fingerprint density at radius 3 is 2.38 bits per heavy atom. The summed E-state index contributed by atoms with van der Waals surface area (Å²) in [6, 6.07) is 6.72. The minimum Gasteiger partial charge on any atom is -0.482 e. The number of rotatable bonds is 6. The lowest BCUT2D eigenvalue weighted by Gasteiger charge is -2.18. The van der Waals surface area contributed by atoms with E-state index in [0.29, 0.717) is 11.4 Å². The Balaban J connectivity index is 2.06. The monoisotopic (exact) mass is 331 g/mol. The van der Waals surface area contributed by atoms with Gasteiger partial charge in [-0.2, -0.15) is 5.10 Å². The molecule has 0 fully saturated rings. The maximum absolute atomic E-state index is 12.5.